The summed E-state index contributed by atoms with van der Waals surface area (Å²) >= 11 is 6.53. The van der Waals surface area contributed by atoms with Crippen LogP contribution in [0.15, 0.2) is 54.9 Å². The number of piperidine rings is 2. The molecule has 14 nitrogen and oxygen atoms in total. The Balaban J connectivity index is 0.784. The lowest BCUT2D eigenvalue weighted by molar-refractivity contribution is -0.136. The highest BCUT2D eigenvalue weighted by Gasteiger charge is 2.46. The molecule has 1 unspecified atom stereocenters. The van der Waals surface area contributed by atoms with Crippen molar-refractivity contribution in [2.45, 2.75) is 69.9 Å². The van der Waals surface area contributed by atoms with Gasteiger partial charge in [0.05, 0.1) is 28.0 Å². The minimum atomic E-state index is -1.08. The monoisotopic (exact) mass is 754 g/mol. The van der Waals surface area contributed by atoms with Crippen molar-refractivity contribution in [1.29, 1.82) is 0 Å². The molecular weight excluding hydrogens is 712 g/mol. The van der Waals surface area contributed by atoms with Gasteiger partial charge in [0.2, 0.25) is 17.8 Å². The van der Waals surface area contributed by atoms with E-state index < -0.39 is 29.7 Å². The SMILES string of the molecule is O=C(COc1cccc2c1C(=O)N(C1CCC(=O)NC1=O)C2=O)NCCCCCCCN1CCC[C@H](Nc2ncc(Cl)c(-c3c[nH]c4ccccc34)n2)C1. The molecule has 4 N–H and O–H groups in total. The smallest absolute Gasteiger partial charge is 0.266 e. The number of benzene rings is 2. The van der Waals surface area contributed by atoms with E-state index in [1.54, 1.807) is 12.3 Å². The number of carbonyl (C=O) groups is 5. The number of hydrogen-bond acceptors (Lipinski definition) is 10. The van der Waals surface area contributed by atoms with Crippen LogP contribution in [0, 0.1) is 0 Å². The quantitative estimate of drug-likeness (QED) is 0.0982. The number of unbranched alkanes of at least 4 members (excludes halogenated alkanes) is 4. The number of hydrogen-bond donors (Lipinski definition) is 4. The van der Waals surface area contributed by atoms with Crippen LogP contribution in [0.3, 0.4) is 0 Å². The van der Waals surface area contributed by atoms with E-state index in [0.717, 1.165) is 85.9 Å². The number of para-hydroxylation sites is 1. The van der Waals surface area contributed by atoms with Crippen molar-refractivity contribution in [3.63, 3.8) is 0 Å². The van der Waals surface area contributed by atoms with Gasteiger partial charge in [-0.3, -0.25) is 34.2 Å². The molecule has 0 bridgehead atoms. The van der Waals surface area contributed by atoms with E-state index >= 15 is 0 Å². The number of halogens is 1. The maximum Gasteiger partial charge on any atom is 0.266 e. The van der Waals surface area contributed by atoms with Gasteiger partial charge < -0.3 is 25.3 Å². The van der Waals surface area contributed by atoms with E-state index in [1.165, 1.54) is 12.1 Å². The van der Waals surface area contributed by atoms with Gasteiger partial charge in [0.1, 0.15) is 11.8 Å². The summed E-state index contributed by atoms with van der Waals surface area (Å²) < 4.78 is 5.67. The summed E-state index contributed by atoms with van der Waals surface area (Å²) in [5.74, 6) is -2.09. The van der Waals surface area contributed by atoms with Crippen LogP contribution in [-0.2, 0) is 14.4 Å². The number of amides is 5. The first-order valence-corrected chi connectivity index (χ1v) is 19.0. The number of rotatable bonds is 15. The molecule has 2 aromatic carbocycles. The van der Waals surface area contributed by atoms with E-state index in [-0.39, 0.29) is 48.3 Å². The standard InChI is InChI=1S/C39H43ClN8O6/c40-28-21-43-39(46-35(28)27-20-42-29-13-5-4-11-25(27)29)44-24-10-9-19-47(22-24)18-7-3-1-2-6-17-41-33(50)23-54-31-14-8-12-26-34(31)38(53)48(37(26)52)30-15-16-32(49)45-36(30)51/h4-5,8,11-14,20-21,24,30,42H,1-3,6-7,9-10,15-19,22-23H2,(H,41,50)(H,43,44,46)(H,45,49,51)/t24-,30?/m0/s1. The molecule has 5 amide bonds. The van der Waals surface area contributed by atoms with Crippen LogP contribution in [0.4, 0.5) is 5.95 Å². The first-order chi connectivity index (χ1) is 26.3. The maximum atomic E-state index is 13.2. The van der Waals surface area contributed by atoms with Crippen molar-refractivity contribution in [2.75, 3.05) is 38.1 Å². The highest BCUT2D eigenvalue weighted by Crippen LogP contribution is 2.34. The van der Waals surface area contributed by atoms with Gasteiger partial charge in [0, 0.05) is 48.2 Å². The maximum absolute atomic E-state index is 13.2. The number of nitrogens with one attached hydrogen (secondary N) is 4. The fourth-order valence-electron chi connectivity index (χ4n) is 7.47. The molecule has 3 aliphatic rings. The summed E-state index contributed by atoms with van der Waals surface area (Å²) in [5, 5.41) is 10.2. The molecule has 3 aliphatic heterocycles. The molecule has 2 saturated heterocycles. The Morgan fingerprint density at radius 1 is 0.963 bits per heavy atom. The van der Waals surface area contributed by atoms with Gasteiger partial charge in [0.25, 0.3) is 17.7 Å². The second-order valence-corrected chi connectivity index (χ2v) is 14.4. The Morgan fingerprint density at radius 3 is 2.67 bits per heavy atom. The number of aromatic nitrogens is 3. The third-order valence-electron chi connectivity index (χ3n) is 10.2. The lowest BCUT2D eigenvalue weighted by atomic mass is 10.0. The summed E-state index contributed by atoms with van der Waals surface area (Å²) in [4.78, 5) is 78.6. The van der Waals surface area contributed by atoms with Crippen molar-refractivity contribution in [1.82, 2.24) is 35.4 Å². The van der Waals surface area contributed by atoms with Crippen LogP contribution in [0.2, 0.25) is 5.02 Å². The largest absolute Gasteiger partial charge is 0.483 e. The van der Waals surface area contributed by atoms with Gasteiger partial charge >= 0.3 is 0 Å². The second-order valence-electron chi connectivity index (χ2n) is 14.0. The van der Waals surface area contributed by atoms with E-state index in [9.17, 15) is 24.0 Å². The van der Waals surface area contributed by atoms with E-state index in [1.807, 2.05) is 24.4 Å². The molecule has 7 rings (SSSR count). The number of aromatic amines is 1. The zero-order valence-electron chi connectivity index (χ0n) is 29.9. The van der Waals surface area contributed by atoms with Crippen LogP contribution >= 0.6 is 11.6 Å². The third kappa shape index (κ3) is 8.24. The number of likely N-dealkylation sites (tertiary alicyclic amines) is 1. The van der Waals surface area contributed by atoms with Gasteiger partial charge in [-0.05, 0) is 63.4 Å². The third-order valence-corrected chi connectivity index (χ3v) is 10.5. The normalized spacial score (nSPS) is 18.9. The molecule has 0 saturated carbocycles. The molecule has 0 aliphatic carbocycles. The fraction of sp³-hybridized carbons (Fsp3) is 0.410. The summed E-state index contributed by atoms with van der Waals surface area (Å²) in [7, 11) is 0. The fourth-order valence-corrected chi connectivity index (χ4v) is 7.66. The highest BCUT2D eigenvalue weighted by molar-refractivity contribution is 6.33. The average molecular weight is 755 g/mol. The number of H-pyrrole nitrogens is 1. The number of fused-ring (bicyclic) bond motifs is 2. The zero-order chi connectivity index (χ0) is 37.6. The molecular formula is C39H43ClN8O6. The number of imide groups is 2. The Labute approximate surface area is 317 Å². The molecule has 2 atom stereocenters. The Morgan fingerprint density at radius 2 is 1.80 bits per heavy atom. The Kier molecular flexibility index (Phi) is 11.5. The van der Waals surface area contributed by atoms with Gasteiger partial charge in [-0.1, -0.05) is 55.1 Å². The Bertz CT molecular complexity index is 2070. The first kappa shape index (κ1) is 37.0. The summed E-state index contributed by atoms with van der Waals surface area (Å²) in [6, 6.07) is 11.8. The topological polar surface area (TPSA) is 179 Å². The molecule has 5 heterocycles. The summed E-state index contributed by atoms with van der Waals surface area (Å²) in [5.41, 5.74) is 2.81. The van der Waals surface area contributed by atoms with Crippen molar-refractivity contribution < 1.29 is 28.7 Å². The number of nitrogens with zero attached hydrogens (tertiary/aromatic N) is 4. The average Bonchev–Trinajstić information content (AvgIpc) is 3.71. The molecule has 0 radical (unpaired) electrons. The minimum Gasteiger partial charge on any atom is -0.483 e. The molecule has 2 fully saturated rings. The van der Waals surface area contributed by atoms with Crippen molar-refractivity contribution in [2.24, 2.45) is 0 Å². The Hall–Kier alpha value is -5.34. The number of ether oxygens (including phenoxy) is 1. The first-order valence-electron chi connectivity index (χ1n) is 18.6. The van der Waals surface area contributed by atoms with Crippen LogP contribution < -0.4 is 20.7 Å². The molecule has 4 aromatic rings. The van der Waals surface area contributed by atoms with Crippen LogP contribution in [0.25, 0.3) is 22.2 Å². The van der Waals surface area contributed by atoms with Crippen molar-refractivity contribution in [3.05, 3.63) is 71.0 Å². The van der Waals surface area contributed by atoms with E-state index in [0.29, 0.717) is 23.2 Å². The molecule has 54 heavy (non-hydrogen) atoms. The summed E-state index contributed by atoms with van der Waals surface area (Å²) in [6.45, 7) is 3.21. The summed E-state index contributed by atoms with van der Waals surface area (Å²) in [6.07, 6.45) is 10.9. The van der Waals surface area contributed by atoms with Gasteiger partial charge in [0.15, 0.2) is 6.61 Å². The molecule has 0 spiro atoms. The minimum absolute atomic E-state index is 0.0165. The lowest BCUT2D eigenvalue weighted by Crippen LogP contribution is -2.54. The molecule has 2 aromatic heterocycles. The zero-order valence-corrected chi connectivity index (χ0v) is 30.6. The van der Waals surface area contributed by atoms with Gasteiger partial charge in [-0.15, -0.1) is 0 Å². The highest BCUT2D eigenvalue weighted by atomic mass is 35.5. The number of anilines is 1. The number of carbonyl (C=O) groups excluding carboxylic acids is 5. The van der Waals surface area contributed by atoms with Gasteiger partial charge in [-0.2, -0.15) is 0 Å². The predicted octanol–water partition coefficient (Wildman–Crippen LogP) is 4.70. The molecule has 15 heteroatoms. The van der Waals surface area contributed by atoms with Crippen LogP contribution in [0.5, 0.6) is 5.75 Å². The van der Waals surface area contributed by atoms with Gasteiger partial charge in [-0.25, -0.2) is 9.97 Å². The molecule has 282 valence electrons. The van der Waals surface area contributed by atoms with Crippen LogP contribution in [0.1, 0.15) is 78.5 Å². The lowest BCUT2D eigenvalue weighted by Gasteiger charge is -2.33. The van der Waals surface area contributed by atoms with E-state index in [2.05, 4.69) is 36.9 Å². The second kappa shape index (κ2) is 16.8. The van der Waals surface area contributed by atoms with Crippen LogP contribution in [-0.4, -0.2) is 99.2 Å². The predicted molar refractivity (Wildman–Crippen MR) is 202 cm³/mol. The van der Waals surface area contributed by atoms with Crippen molar-refractivity contribution >= 4 is 58.0 Å². The van der Waals surface area contributed by atoms with Crippen molar-refractivity contribution in [3.8, 4) is 17.0 Å². The van der Waals surface area contributed by atoms with E-state index in [4.69, 9.17) is 21.3 Å².